The third-order valence-corrected chi connectivity index (χ3v) is 10.1. The summed E-state index contributed by atoms with van der Waals surface area (Å²) >= 11 is 0. The molecule has 1 N–H and O–H groups in total. The minimum absolute atomic E-state index is 0. The molecule has 1 nitrogen and oxygen atoms in total. The second-order valence-corrected chi connectivity index (χ2v) is 10.9. The zero-order chi connectivity index (χ0) is 20.9. The third-order valence-electron chi connectivity index (χ3n) is 5.78. The van der Waals surface area contributed by atoms with Crippen molar-refractivity contribution in [3.8, 4) is 11.1 Å². The molecule has 156 valence electrons. The van der Waals surface area contributed by atoms with Crippen molar-refractivity contribution >= 4 is 28.5 Å². The second-order valence-electron chi connectivity index (χ2n) is 7.56. The number of hydrogen-bond donors (Lipinski definition) is 0. The van der Waals surface area contributed by atoms with E-state index >= 15 is 0 Å². The largest absolute Gasteiger partial charge is 0.870 e. The summed E-state index contributed by atoms with van der Waals surface area (Å²) in [7, 11) is -2.11. The molecule has 0 bridgehead atoms. The molecule has 0 saturated heterocycles. The first-order chi connectivity index (χ1) is 15.4. The molecule has 2 heteroatoms. The molecule has 0 aromatic heterocycles. The van der Waals surface area contributed by atoms with Crippen molar-refractivity contribution in [3.05, 3.63) is 146 Å². The lowest BCUT2D eigenvalue weighted by atomic mass is 10.1. The van der Waals surface area contributed by atoms with Gasteiger partial charge in [0.25, 0.3) is 0 Å². The summed E-state index contributed by atoms with van der Waals surface area (Å²) in [4.78, 5) is 0. The van der Waals surface area contributed by atoms with Crippen molar-refractivity contribution in [1.82, 2.24) is 0 Å². The number of hydrogen-bond acceptors (Lipinski definition) is 1. The highest BCUT2D eigenvalue weighted by molar-refractivity contribution is 8.01. The first-order valence-corrected chi connectivity index (χ1v) is 12.4. The van der Waals surface area contributed by atoms with Crippen molar-refractivity contribution in [3.63, 3.8) is 0 Å². The molecule has 0 atom stereocenters. The Bertz CT molecular complexity index is 1160. The summed E-state index contributed by atoms with van der Waals surface area (Å²) in [6.45, 7) is 0. The van der Waals surface area contributed by atoms with Crippen LogP contribution in [0.2, 0.25) is 0 Å². The van der Waals surface area contributed by atoms with Crippen LogP contribution in [0.25, 0.3) is 11.1 Å². The van der Waals surface area contributed by atoms with Crippen LogP contribution < -0.4 is 21.2 Å². The van der Waals surface area contributed by atoms with Gasteiger partial charge in [0, 0.05) is 5.56 Å². The quantitative estimate of drug-likeness (QED) is 0.323. The van der Waals surface area contributed by atoms with E-state index in [1.54, 1.807) is 0 Å². The molecule has 0 aliphatic heterocycles. The van der Waals surface area contributed by atoms with Crippen molar-refractivity contribution in [2.45, 2.75) is 0 Å². The van der Waals surface area contributed by atoms with Gasteiger partial charge in [-0.1, -0.05) is 103 Å². The lowest BCUT2D eigenvalue weighted by molar-refractivity contribution is 0.824. The predicted octanol–water partition coefficient (Wildman–Crippen LogP) is 5.80. The van der Waals surface area contributed by atoms with Crippen LogP contribution in [0.1, 0.15) is 0 Å². The Balaban J connectivity index is 0.00000245. The van der Waals surface area contributed by atoms with E-state index < -0.39 is 7.26 Å². The van der Waals surface area contributed by atoms with Gasteiger partial charge in [0.05, 0.1) is 0 Å². The molecular weight excluding hydrogens is 407 g/mol. The van der Waals surface area contributed by atoms with Crippen LogP contribution in [-0.2, 0) is 0 Å². The van der Waals surface area contributed by atoms with Gasteiger partial charge < -0.3 is 5.48 Å². The van der Waals surface area contributed by atoms with E-state index in [1.165, 1.54) is 32.3 Å². The summed E-state index contributed by atoms with van der Waals surface area (Å²) in [5, 5.41) is 5.51. The standard InChI is InChI=1S/C30H24P.H2O/c1-5-15-25(16-6-1)29-23-13-14-24-30(29)31(26-17-7-2-8-18-26,27-19-9-3-10-20-27)28-21-11-4-12-22-28;/h1-24H;1H2/q+1;/p-1. The average Bonchev–Trinajstić information content (AvgIpc) is 2.87. The highest BCUT2D eigenvalue weighted by Gasteiger charge is 2.49. The Morgan fingerprint density at radius 1 is 0.344 bits per heavy atom. The normalized spacial score (nSPS) is 10.9. The van der Waals surface area contributed by atoms with E-state index in [1.807, 2.05) is 0 Å². The third kappa shape index (κ3) is 3.78. The Kier molecular flexibility index (Phi) is 6.61. The number of rotatable bonds is 5. The first-order valence-electron chi connectivity index (χ1n) is 10.6. The fourth-order valence-electron chi connectivity index (χ4n) is 4.45. The Hall–Kier alpha value is -3.51. The van der Waals surface area contributed by atoms with Gasteiger partial charge in [-0.2, -0.15) is 0 Å². The van der Waals surface area contributed by atoms with Crippen molar-refractivity contribution in [2.75, 3.05) is 0 Å². The van der Waals surface area contributed by atoms with Gasteiger partial charge in [0.15, 0.2) is 0 Å². The molecule has 0 radical (unpaired) electrons. The minimum atomic E-state index is -2.11. The molecule has 0 fully saturated rings. The lowest BCUT2D eigenvalue weighted by Crippen LogP contribution is -2.39. The van der Waals surface area contributed by atoms with Crippen LogP contribution in [0.4, 0.5) is 0 Å². The van der Waals surface area contributed by atoms with Gasteiger partial charge in [0.1, 0.15) is 28.5 Å². The zero-order valence-electron chi connectivity index (χ0n) is 17.8. The maximum Gasteiger partial charge on any atom is 0.144 e. The Morgan fingerprint density at radius 3 is 1.12 bits per heavy atom. The molecule has 0 spiro atoms. The van der Waals surface area contributed by atoms with Gasteiger partial charge in [0.2, 0.25) is 0 Å². The zero-order valence-corrected chi connectivity index (χ0v) is 18.6. The van der Waals surface area contributed by atoms with Gasteiger partial charge in [-0.25, -0.2) is 0 Å². The van der Waals surface area contributed by atoms with Gasteiger partial charge in [-0.05, 0) is 48.0 Å². The summed E-state index contributed by atoms with van der Waals surface area (Å²) in [5.41, 5.74) is 2.55. The molecule has 0 heterocycles. The minimum Gasteiger partial charge on any atom is -0.870 e. The van der Waals surface area contributed by atoms with E-state index in [4.69, 9.17) is 0 Å². The molecule has 5 aromatic carbocycles. The molecule has 5 rings (SSSR count). The van der Waals surface area contributed by atoms with Gasteiger partial charge in [-0.3, -0.25) is 0 Å². The summed E-state index contributed by atoms with van der Waals surface area (Å²) < 4.78 is 0. The van der Waals surface area contributed by atoms with E-state index in [0.717, 1.165) is 0 Å². The topological polar surface area (TPSA) is 30.0 Å². The smallest absolute Gasteiger partial charge is 0.144 e. The van der Waals surface area contributed by atoms with Gasteiger partial charge >= 0.3 is 0 Å². The molecule has 0 amide bonds. The predicted molar refractivity (Wildman–Crippen MR) is 139 cm³/mol. The molecule has 0 saturated carbocycles. The number of benzene rings is 5. The molecule has 0 aliphatic rings. The molecule has 0 unspecified atom stereocenters. The van der Waals surface area contributed by atoms with E-state index in [-0.39, 0.29) is 5.48 Å². The molecular formula is C30H25OP. The van der Waals surface area contributed by atoms with Gasteiger partial charge in [-0.15, -0.1) is 0 Å². The molecule has 32 heavy (non-hydrogen) atoms. The van der Waals surface area contributed by atoms with Crippen LogP contribution in [0.5, 0.6) is 0 Å². The highest BCUT2D eigenvalue weighted by atomic mass is 31.2. The van der Waals surface area contributed by atoms with E-state index in [0.29, 0.717) is 0 Å². The second kappa shape index (κ2) is 9.75. The average molecular weight is 433 g/mol. The van der Waals surface area contributed by atoms with Crippen LogP contribution in [0, 0.1) is 0 Å². The van der Waals surface area contributed by atoms with E-state index in [9.17, 15) is 0 Å². The summed E-state index contributed by atoms with van der Waals surface area (Å²) in [6.07, 6.45) is 0. The molecule has 0 aliphatic carbocycles. The molecule has 5 aromatic rings. The van der Waals surface area contributed by atoms with Crippen molar-refractivity contribution in [2.24, 2.45) is 0 Å². The maximum atomic E-state index is 2.34. The van der Waals surface area contributed by atoms with E-state index in [2.05, 4.69) is 146 Å². The van der Waals surface area contributed by atoms with Crippen LogP contribution in [-0.4, -0.2) is 5.48 Å². The highest BCUT2D eigenvalue weighted by Crippen LogP contribution is 2.55. The summed E-state index contributed by atoms with van der Waals surface area (Å²) in [6, 6.07) is 52.9. The van der Waals surface area contributed by atoms with Crippen molar-refractivity contribution in [1.29, 1.82) is 0 Å². The van der Waals surface area contributed by atoms with Crippen LogP contribution in [0.3, 0.4) is 0 Å². The first kappa shape index (κ1) is 21.7. The Morgan fingerprint density at radius 2 is 0.688 bits per heavy atom. The fraction of sp³-hybridized carbons (Fsp3) is 0. The fourth-order valence-corrected chi connectivity index (χ4v) is 8.91. The Labute approximate surface area is 190 Å². The van der Waals surface area contributed by atoms with Crippen LogP contribution in [0.15, 0.2) is 146 Å². The SMILES string of the molecule is [OH-].c1ccc(-c2ccccc2[P+](c2ccccc2)(c2ccccc2)c2ccccc2)cc1. The van der Waals surface area contributed by atoms with Crippen LogP contribution >= 0.6 is 7.26 Å². The summed E-state index contributed by atoms with van der Waals surface area (Å²) in [5.74, 6) is 0. The maximum absolute atomic E-state index is 2.34. The monoisotopic (exact) mass is 432 g/mol. The lowest BCUT2D eigenvalue weighted by Gasteiger charge is -2.29. The van der Waals surface area contributed by atoms with Crippen molar-refractivity contribution < 1.29 is 5.48 Å².